The summed E-state index contributed by atoms with van der Waals surface area (Å²) >= 11 is 0. The topological polar surface area (TPSA) is 92.9 Å². The molecule has 2 aromatic heterocycles. The van der Waals surface area contributed by atoms with Crippen LogP contribution in [0.2, 0.25) is 0 Å². The molecule has 39 heavy (non-hydrogen) atoms. The minimum atomic E-state index is -3.75. The maximum Gasteiger partial charge on any atom is 0.336 e. The summed E-state index contributed by atoms with van der Waals surface area (Å²) in [5.41, 5.74) is 2.07. The number of aromatic nitrogens is 2. The maximum atomic E-state index is 13.6. The highest BCUT2D eigenvalue weighted by molar-refractivity contribution is 7.92. The Balaban J connectivity index is 0.00000308. The first-order valence-electron chi connectivity index (χ1n) is 12.3. The molecule has 0 saturated heterocycles. The minimum absolute atomic E-state index is 0. The number of benzene rings is 4. The maximum absolute atomic E-state index is 13.6. The van der Waals surface area contributed by atoms with Crippen LogP contribution in [0.3, 0.4) is 0 Å². The van der Waals surface area contributed by atoms with Gasteiger partial charge < -0.3 is 4.90 Å². The smallest absolute Gasteiger partial charge is 0.308 e. The summed E-state index contributed by atoms with van der Waals surface area (Å²) in [5.74, 6) is 0. The van der Waals surface area contributed by atoms with Gasteiger partial charge in [0.2, 0.25) is 0 Å². The van der Waals surface area contributed by atoms with E-state index in [1.165, 1.54) is 4.57 Å². The summed E-state index contributed by atoms with van der Waals surface area (Å²) in [6.45, 7) is 2.75. The van der Waals surface area contributed by atoms with Crippen LogP contribution in [0.25, 0.3) is 38.0 Å². The first-order valence-corrected chi connectivity index (χ1v) is 13.7. The lowest BCUT2D eigenvalue weighted by Crippen LogP contribution is -2.39. The normalized spacial score (nSPS) is 12.1. The van der Waals surface area contributed by atoms with Crippen molar-refractivity contribution < 1.29 is 8.42 Å². The largest absolute Gasteiger partial charge is 0.336 e. The number of hydrogen-bond acceptors (Lipinski definition) is 5. The monoisotopic (exact) mass is 562 g/mol. The molecule has 6 rings (SSSR count). The van der Waals surface area contributed by atoms with Crippen LogP contribution in [-0.2, 0) is 16.6 Å². The van der Waals surface area contributed by atoms with Gasteiger partial charge in [-0.2, -0.15) is 0 Å². The second-order valence-corrected chi connectivity index (χ2v) is 11.6. The van der Waals surface area contributed by atoms with Crippen LogP contribution in [0.15, 0.2) is 87.3 Å². The van der Waals surface area contributed by atoms with Crippen LogP contribution in [0.5, 0.6) is 0 Å². The molecule has 2 heterocycles. The SMILES string of the molecule is Cc1ccc(S(=O)(=O)Nc2ccc3c(ccc4c3c3cccc5c(=O)n(CCN(C)C)c(=O)n4c53)c2)cc1.Cl. The first kappa shape index (κ1) is 26.7. The number of para-hydroxylation sites is 1. The highest BCUT2D eigenvalue weighted by Gasteiger charge is 2.20. The van der Waals surface area contributed by atoms with Gasteiger partial charge in [-0.3, -0.25) is 18.5 Å². The number of sulfonamides is 1. The third kappa shape index (κ3) is 4.32. The molecule has 0 aliphatic rings. The predicted molar refractivity (Wildman–Crippen MR) is 159 cm³/mol. The van der Waals surface area contributed by atoms with Gasteiger partial charge in [-0.05, 0) is 68.2 Å². The number of halogens is 1. The number of aryl methyl sites for hydroxylation is 1. The van der Waals surface area contributed by atoms with E-state index in [1.807, 2.05) is 56.3 Å². The van der Waals surface area contributed by atoms with Crippen LogP contribution in [0, 0.1) is 6.92 Å². The van der Waals surface area contributed by atoms with Gasteiger partial charge >= 0.3 is 5.69 Å². The molecule has 0 spiro atoms. The van der Waals surface area contributed by atoms with Crippen molar-refractivity contribution in [2.45, 2.75) is 18.4 Å². The Hall–Kier alpha value is -3.92. The number of likely N-dealkylation sites (N-methyl/N-ethyl adjacent to an activating group) is 1. The average Bonchev–Trinajstić information content (AvgIpc) is 3.22. The molecule has 0 unspecified atom stereocenters. The van der Waals surface area contributed by atoms with Gasteiger partial charge in [-0.1, -0.05) is 42.0 Å². The van der Waals surface area contributed by atoms with Crippen LogP contribution >= 0.6 is 12.4 Å². The quantitative estimate of drug-likeness (QED) is 0.324. The number of nitrogens with one attached hydrogen (secondary N) is 1. The lowest BCUT2D eigenvalue weighted by atomic mass is 10.0. The summed E-state index contributed by atoms with van der Waals surface area (Å²) < 4.78 is 31.4. The Morgan fingerprint density at radius 3 is 2.31 bits per heavy atom. The summed E-state index contributed by atoms with van der Waals surface area (Å²) in [7, 11) is 0.0508. The Bertz CT molecular complexity index is 2100. The minimum Gasteiger partial charge on any atom is -0.308 e. The third-order valence-corrected chi connectivity index (χ3v) is 8.42. The second-order valence-electron chi connectivity index (χ2n) is 9.89. The van der Waals surface area contributed by atoms with Crippen molar-refractivity contribution in [1.82, 2.24) is 13.9 Å². The molecule has 0 fully saturated rings. The molecule has 0 aliphatic carbocycles. The van der Waals surface area contributed by atoms with Gasteiger partial charge in [0.25, 0.3) is 15.6 Å². The van der Waals surface area contributed by atoms with Gasteiger partial charge in [-0.15, -0.1) is 12.4 Å². The molecule has 8 nitrogen and oxygen atoms in total. The van der Waals surface area contributed by atoms with Crippen molar-refractivity contribution in [1.29, 1.82) is 0 Å². The van der Waals surface area contributed by atoms with Gasteiger partial charge in [0, 0.05) is 29.5 Å². The number of rotatable bonds is 6. The lowest BCUT2D eigenvalue weighted by molar-refractivity contribution is 0.376. The first-order chi connectivity index (χ1) is 18.2. The van der Waals surface area contributed by atoms with E-state index in [4.69, 9.17) is 0 Å². The van der Waals surface area contributed by atoms with E-state index in [2.05, 4.69) is 4.72 Å². The molecule has 0 aliphatic heterocycles. The summed E-state index contributed by atoms with van der Waals surface area (Å²) in [6, 6.07) is 21.3. The molecule has 6 aromatic rings. The molecule has 200 valence electrons. The molecule has 4 aromatic carbocycles. The summed E-state index contributed by atoms with van der Waals surface area (Å²) in [6.07, 6.45) is 0. The van der Waals surface area contributed by atoms with E-state index < -0.39 is 10.0 Å². The molecule has 10 heteroatoms. The van der Waals surface area contributed by atoms with E-state index in [0.717, 1.165) is 27.1 Å². The summed E-state index contributed by atoms with van der Waals surface area (Å²) in [5, 5.41) is 3.83. The van der Waals surface area contributed by atoms with Gasteiger partial charge in [-0.25, -0.2) is 13.2 Å². The zero-order valence-corrected chi connectivity index (χ0v) is 23.3. The van der Waals surface area contributed by atoms with Crippen molar-refractivity contribution in [3.8, 4) is 0 Å². The molecule has 1 N–H and O–H groups in total. The molecule has 0 bridgehead atoms. The fourth-order valence-corrected chi connectivity index (χ4v) is 6.16. The zero-order chi connectivity index (χ0) is 26.8. The molecule has 0 atom stereocenters. The fourth-order valence-electron chi connectivity index (χ4n) is 5.11. The third-order valence-electron chi connectivity index (χ3n) is 7.02. The van der Waals surface area contributed by atoms with E-state index in [9.17, 15) is 18.0 Å². The predicted octanol–water partition coefficient (Wildman–Crippen LogP) is 4.45. The van der Waals surface area contributed by atoms with Crippen molar-refractivity contribution in [2.75, 3.05) is 25.4 Å². The highest BCUT2D eigenvalue weighted by atomic mass is 35.5. The molecular formula is C29H27ClN4O4S. The zero-order valence-electron chi connectivity index (χ0n) is 21.6. The number of anilines is 1. The van der Waals surface area contributed by atoms with Gasteiger partial charge in [0.05, 0.1) is 21.3 Å². The van der Waals surface area contributed by atoms with Gasteiger partial charge in [0.15, 0.2) is 0 Å². The average molecular weight is 563 g/mol. The number of nitrogens with zero attached hydrogens (tertiary/aromatic N) is 3. The van der Waals surface area contributed by atoms with Crippen LogP contribution in [-0.4, -0.2) is 42.9 Å². The van der Waals surface area contributed by atoms with E-state index in [1.54, 1.807) is 46.9 Å². The Kier molecular flexibility index (Phi) is 6.62. The summed E-state index contributed by atoms with van der Waals surface area (Å²) in [4.78, 5) is 29.0. The standard InChI is InChI=1S/C29H26N4O4S.ClH/c1-18-7-11-21(12-8-18)38(36,37)30-20-10-13-22-19(17-20)9-14-25-26(22)23-5-4-6-24-27(23)33(25)29(35)32(28(24)34)16-15-31(2)3;/h4-14,17,30H,15-16H2,1-3H3;1H. The van der Waals surface area contributed by atoms with E-state index >= 15 is 0 Å². The Morgan fingerprint density at radius 2 is 1.59 bits per heavy atom. The second kappa shape index (κ2) is 9.68. The lowest BCUT2D eigenvalue weighted by Gasteiger charge is -2.12. The molecular weight excluding hydrogens is 536 g/mol. The Labute approximate surface area is 230 Å². The molecule has 0 saturated carbocycles. The van der Waals surface area contributed by atoms with Crippen molar-refractivity contribution in [3.63, 3.8) is 0 Å². The molecule has 0 radical (unpaired) electrons. The van der Waals surface area contributed by atoms with Crippen LogP contribution in [0.1, 0.15) is 5.56 Å². The van der Waals surface area contributed by atoms with Crippen molar-refractivity contribution >= 4 is 66.1 Å². The van der Waals surface area contributed by atoms with E-state index in [0.29, 0.717) is 28.7 Å². The van der Waals surface area contributed by atoms with E-state index in [-0.39, 0.29) is 35.1 Å². The van der Waals surface area contributed by atoms with Crippen LogP contribution < -0.4 is 16.0 Å². The number of hydrogen-bond donors (Lipinski definition) is 1. The fraction of sp³-hybridized carbons (Fsp3) is 0.172. The number of fused-ring (bicyclic) bond motifs is 5. The van der Waals surface area contributed by atoms with Crippen LogP contribution in [0.4, 0.5) is 5.69 Å². The Morgan fingerprint density at radius 1 is 0.872 bits per heavy atom. The van der Waals surface area contributed by atoms with Crippen molar-refractivity contribution in [2.24, 2.45) is 0 Å². The highest BCUT2D eigenvalue weighted by Crippen LogP contribution is 2.36. The van der Waals surface area contributed by atoms with Crippen molar-refractivity contribution in [3.05, 3.63) is 99.2 Å². The van der Waals surface area contributed by atoms with Gasteiger partial charge in [0.1, 0.15) is 0 Å². The molecule has 0 amide bonds.